The molecule has 0 aliphatic heterocycles. The number of aryl methyl sites for hydroxylation is 1. The van der Waals surface area contributed by atoms with E-state index < -0.39 is 11.8 Å². The van der Waals surface area contributed by atoms with Crippen LogP contribution in [0.4, 0.5) is 0 Å². The second-order valence-corrected chi connectivity index (χ2v) is 8.60. The summed E-state index contributed by atoms with van der Waals surface area (Å²) in [4.78, 5) is 42.2. The minimum absolute atomic E-state index is 0.0524. The van der Waals surface area contributed by atoms with Crippen LogP contribution in [0.5, 0.6) is 0 Å². The molecule has 2 amide bonds. The zero-order chi connectivity index (χ0) is 23.5. The Morgan fingerprint density at radius 3 is 2.33 bits per heavy atom. The summed E-state index contributed by atoms with van der Waals surface area (Å²) in [7, 11) is 0. The monoisotopic (exact) mass is 461 g/mol. The van der Waals surface area contributed by atoms with Crippen molar-refractivity contribution in [3.63, 3.8) is 0 Å². The molecule has 2 heterocycles. The molecule has 0 radical (unpaired) electrons. The van der Waals surface area contributed by atoms with Gasteiger partial charge in [-0.1, -0.05) is 56.3 Å². The molecule has 33 heavy (non-hydrogen) atoms. The third-order valence-corrected chi connectivity index (χ3v) is 6.12. The predicted octanol–water partition coefficient (Wildman–Crippen LogP) is 3.74. The molecule has 2 aromatic carbocycles. The fraction of sp³-hybridized carbons (Fsp3) is 0.208. The first-order valence-corrected chi connectivity index (χ1v) is 11.4. The summed E-state index contributed by atoms with van der Waals surface area (Å²) in [6.45, 7) is 6.34. The molecule has 0 unspecified atom stereocenters. The molecular formula is C24H23N5O3S. The van der Waals surface area contributed by atoms with E-state index in [2.05, 4.69) is 46.9 Å². The van der Waals surface area contributed by atoms with Gasteiger partial charge >= 0.3 is 0 Å². The Labute approximate surface area is 194 Å². The Kier molecular flexibility index (Phi) is 6.32. The fourth-order valence-electron chi connectivity index (χ4n) is 3.38. The molecule has 4 aromatic rings. The van der Waals surface area contributed by atoms with Gasteiger partial charge in [0.05, 0.1) is 5.39 Å². The van der Waals surface area contributed by atoms with Crippen LogP contribution in [-0.4, -0.2) is 26.6 Å². The van der Waals surface area contributed by atoms with Gasteiger partial charge in [-0.2, -0.15) is 5.10 Å². The van der Waals surface area contributed by atoms with Gasteiger partial charge in [0.1, 0.15) is 10.7 Å². The SMILES string of the molecule is CCn1nc(C(=O)NNC(=O)c2csc(-c3ccc(C(C)C)cc3)n2)c2ccccc2c1=O. The summed E-state index contributed by atoms with van der Waals surface area (Å²) in [5.41, 5.74) is 6.88. The average Bonchev–Trinajstić information content (AvgIpc) is 3.33. The minimum Gasteiger partial charge on any atom is -0.267 e. The Morgan fingerprint density at radius 2 is 1.67 bits per heavy atom. The van der Waals surface area contributed by atoms with E-state index in [1.165, 1.54) is 21.6 Å². The van der Waals surface area contributed by atoms with Crippen LogP contribution in [-0.2, 0) is 6.54 Å². The van der Waals surface area contributed by atoms with E-state index in [9.17, 15) is 14.4 Å². The minimum atomic E-state index is -0.624. The molecule has 0 saturated carbocycles. The number of rotatable bonds is 5. The average molecular weight is 462 g/mol. The van der Waals surface area contributed by atoms with Crippen molar-refractivity contribution >= 4 is 33.9 Å². The highest BCUT2D eigenvalue weighted by atomic mass is 32.1. The number of amides is 2. The van der Waals surface area contributed by atoms with E-state index in [1.807, 2.05) is 12.1 Å². The molecule has 0 spiro atoms. The summed E-state index contributed by atoms with van der Waals surface area (Å²) in [6.07, 6.45) is 0. The zero-order valence-corrected chi connectivity index (χ0v) is 19.3. The summed E-state index contributed by atoms with van der Waals surface area (Å²) < 4.78 is 1.22. The third-order valence-electron chi connectivity index (χ3n) is 5.23. The van der Waals surface area contributed by atoms with Gasteiger partial charge in [0.2, 0.25) is 0 Å². The van der Waals surface area contributed by atoms with Crippen LogP contribution in [0.1, 0.15) is 53.2 Å². The number of thiazole rings is 1. The number of aromatic nitrogens is 3. The maximum absolute atomic E-state index is 12.8. The van der Waals surface area contributed by atoms with Crippen molar-refractivity contribution < 1.29 is 9.59 Å². The number of hydrogen-bond acceptors (Lipinski definition) is 6. The van der Waals surface area contributed by atoms with E-state index >= 15 is 0 Å². The molecule has 0 fully saturated rings. The van der Waals surface area contributed by atoms with Crippen molar-refractivity contribution in [2.45, 2.75) is 33.2 Å². The number of nitrogens with one attached hydrogen (secondary N) is 2. The highest BCUT2D eigenvalue weighted by Gasteiger charge is 2.18. The Hall–Kier alpha value is -3.85. The van der Waals surface area contributed by atoms with E-state index in [0.717, 1.165) is 5.56 Å². The molecule has 0 bridgehead atoms. The van der Waals surface area contributed by atoms with Crippen molar-refractivity contribution in [1.82, 2.24) is 25.6 Å². The molecule has 2 N–H and O–H groups in total. The smallest absolute Gasteiger partial charge is 0.267 e. The molecule has 2 aromatic heterocycles. The van der Waals surface area contributed by atoms with Gasteiger partial charge in [0.25, 0.3) is 17.4 Å². The number of benzene rings is 2. The molecule has 0 atom stereocenters. The van der Waals surface area contributed by atoms with Crippen molar-refractivity contribution in [2.24, 2.45) is 0 Å². The van der Waals surface area contributed by atoms with Gasteiger partial charge in [0.15, 0.2) is 5.69 Å². The Morgan fingerprint density at radius 1 is 1.00 bits per heavy atom. The number of carbonyl (C=O) groups is 2. The standard InChI is InChI=1S/C24H23N5O3S/c1-4-29-24(32)18-8-6-5-7-17(18)20(28-29)22(31)27-26-21(30)19-13-33-23(25-19)16-11-9-15(10-12-16)14(2)3/h5-14H,4H2,1-3H3,(H,26,30)(H,27,31). The first-order chi connectivity index (χ1) is 15.9. The van der Waals surface area contributed by atoms with Crippen LogP contribution in [0.2, 0.25) is 0 Å². The summed E-state index contributed by atoms with van der Waals surface area (Å²) >= 11 is 1.35. The number of carbonyl (C=O) groups excluding carboxylic acids is 2. The third kappa shape index (κ3) is 4.54. The number of hydrazine groups is 1. The van der Waals surface area contributed by atoms with Gasteiger partial charge < -0.3 is 0 Å². The molecule has 0 aliphatic rings. The van der Waals surface area contributed by atoms with Gasteiger partial charge in [-0.05, 0) is 24.5 Å². The molecule has 168 valence electrons. The zero-order valence-electron chi connectivity index (χ0n) is 18.5. The van der Waals surface area contributed by atoms with E-state index in [-0.39, 0.29) is 16.9 Å². The second kappa shape index (κ2) is 9.33. The number of hydrogen-bond donors (Lipinski definition) is 2. The Balaban J connectivity index is 1.49. The van der Waals surface area contributed by atoms with Crippen LogP contribution < -0.4 is 16.4 Å². The summed E-state index contributed by atoms with van der Waals surface area (Å²) in [5, 5.41) is 7.31. The lowest BCUT2D eigenvalue weighted by Crippen LogP contribution is -2.43. The summed E-state index contributed by atoms with van der Waals surface area (Å²) in [5.74, 6) is -0.734. The van der Waals surface area contributed by atoms with Crippen molar-refractivity contribution in [3.05, 3.63) is 81.2 Å². The maximum Gasteiger partial charge on any atom is 0.290 e. The lowest BCUT2D eigenvalue weighted by Gasteiger charge is -2.10. The Bertz CT molecular complexity index is 1390. The van der Waals surface area contributed by atoms with Crippen LogP contribution in [0.15, 0.2) is 58.7 Å². The van der Waals surface area contributed by atoms with E-state index in [0.29, 0.717) is 28.2 Å². The largest absolute Gasteiger partial charge is 0.290 e. The quantitative estimate of drug-likeness (QED) is 0.441. The second-order valence-electron chi connectivity index (χ2n) is 7.74. The lowest BCUT2D eigenvalue weighted by molar-refractivity contribution is 0.0841. The fourth-order valence-corrected chi connectivity index (χ4v) is 4.18. The molecule has 4 rings (SSSR count). The highest BCUT2D eigenvalue weighted by Crippen LogP contribution is 2.25. The molecule has 0 aliphatic carbocycles. The van der Waals surface area contributed by atoms with E-state index in [4.69, 9.17) is 0 Å². The van der Waals surface area contributed by atoms with Crippen LogP contribution in [0, 0.1) is 0 Å². The molecule has 0 saturated heterocycles. The molecule has 8 nitrogen and oxygen atoms in total. The van der Waals surface area contributed by atoms with Crippen molar-refractivity contribution in [3.8, 4) is 10.6 Å². The van der Waals surface area contributed by atoms with Gasteiger partial charge in [-0.25, -0.2) is 9.67 Å². The maximum atomic E-state index is 12.8. The first kappa shape index (κ1) is 22.3. The predicted molar refractivity (Wildman–Crippen MR) is 128 cm³/mol. The van der Waals surface area contributed by atoms with Crippen LogP contribution >= 0.6 is 11.3 Å². The first-order valence-electron chi connectivity index (χ1n) is 10.6. The lowest BCUT2D eigenvalue weighted by atomic mass is 10.0. The van der Waals surface area contributed by atoms with Crippen molar-refractivity contribution in [2.75, 3.05) is 0 Å². The van der Waals surface area contributed by atoms with Crippen molar-refractivity contribution in [1.29, 1.82) is 0 Å². The number of fused-ring (bicyclic) bond motifs is 1. The van der Waals surface area contributed by atoms with E-state index in [1.54, 1.807) is 36.6 Å². The van der Waals surface area contributed by atoms with Gasteiger partial charge in [-0.3, -0.25) is 25.2 Å². The van der Waals surface area contributed by atoms with Gasteiger partial charge in [0, 0.05) is 22.9 Å². The number of nitrogens with zero attached hydrogens (tertiary/aromatic N) is 3. The highest BCUT2D eigenvalue weighted by molar-refractivity contribution is 7.13. The normalized spacial score (nSPS) is 11.0. The molecular weight excluding hydrogens is 438 g/mol. The van der Waals surface area contributed by atoms with Crippen LogP contribution in [0.25, 0.3) is 21.3 Å². The van der Waals surface area contributed by atoms with Crippen LogP contribution in [0.3, 0.4) is 0 Å². The topological polar surface area (TPSA) is 106 Å². The summed E-state index contributed by atoms with van der Waals surface area (Å²) in [6, 6.07) is 14.8. The molecule has 9 heteroatoms. The van der Waals surface area contributed by atoms with Gasteiger partial charge in [-0.15, -0.1) is 11.3 Å².